The fourth-order valence-corrected chi connectivity index (χ4v) is 1.87. The minimum atomic E-state index is -1.34. The number of carbonyl (C=O) groups is 2. The Morgan fingerprint density at radius 3 is 2.57 bits per heavy atom. The van der Waals surface area contributed by atoms with E-state index >= 15 is 0 Å². The number of amides is 1. The van der Waals surface area contributed by atoms with Crippen LogP contribution in [0.1, 0.15) is 26.7 Å². The van der Waals surface area contributed by atoms with Crippen LogP contribution >= 0.6 is 0 Å². The molecule has 1 saturated heterocycles. The van der Waals surface area contributed by atoms with E-state index in [1.54, 1.807) is 0 Å². The van der Waals surface area contributed by atoms with E-state index in [0.717, 1.165) is 12.8 Å². The SMILES string of the molecule is CC(C)C1CCCN(C(=O)C(=O)O)C1. The van der Waals surface area contributed by atoms with Crippen molar-refractivity contribution in [2.45, 2.75) is 26.7 Å². The van der Waals surface area contributed by atoms with Crippen molar-refractivity contribution >= 4 is 11.9 Å². The van der Waals surface area contributed by atoms with E-state index in [9.17, 15) is 9.59 Å². The number of hydrogen-bond donors (Lipinski definition) is 1. The summed E-state index contributed by atoms with van der Waals surface area (Å²) in [4.78, 5) is 23.1. The third-order valence-corrected chi connectivity index (χ3v) is 2.87. The van der Waals surface area contributed by atoms with Crippen molar-refractivity contribution in [2.75, 3.05) is 13.1 Å². The molecule has 1 unspecified atom stereocenters. The second kappa shape index (κ2) is 4.44. The molecule has 4 heteroatoms. The first-order chi connectivity index (χ1) is 6.52. The number of nitrogens with zero attached hydrogens (tertiary/aromatic N) is 1. The molecule has 0 spiro atoms. The molecule has 1 heterocycles. The van der Waals surface area contributed by atoms with Crippen molar-refractivity contribution in [2.24, 2.45) is 11.8 Å². The molecule has 0 saturated carbocycles. The van der Waals surface area contributed by atoms with Gasteiger partial charge in [0.05, 0.1) is 0 Å². The van der Waals surface area contributed by atoms with Crippen LogP contribution in [-0.2, 0) is 9.59 Å². The number of carboxylic acid groups (broad SMARTS) is 1. The highest BCUT2D eigenvalue weighted by Crippen LogP contribution is 2.23. The predicted molar refractivity (Wildman–Crippen MR) is 51.8 cm³/mol. The number of hydrogen-bond acceptors (Lipinski definition) is 2. The summed E-state index contributed by atoms with van der Waals surface area (Å²) in [6.45, 7) is 5.41. The standard InChI is InChI=1S/C10H17NO3/c1-7(2)8-4-3-5-11(6-8)9(12)10(13)14/h7-8H,3-6H2,1-2H3,(H,13,14). The molecule has 80 valence electrons. The summed E-state index contributed by atoms with van der Waals surface area (Å²) in [7, 11) is 0. The summed E-state index contributed by atoms with van der Waals surface area (Å²) >= 11 is 0. The smallest absolute Gasteiger partial charge is 0.394 e. The lowest BCUT2D eigenvalue weighted by Gasteiger charge is -2.33. The lowest BCUT2D eigenvalue weighted by molar-refractivity contribution is -0.157. The molecule has 1 rings (SSSR count). The number of carbonyl (C=O) groups excluding carboxylic acids is 1. The van der Waals surface area contributed by atoms with Crippen molar-refractivity contribution in [1.82, 2.24) is 4.90 Å². The minimum Gasteiger partial charge on any atom is -0.474 e. The maximum absolute atomic E-state index is 11.2. The average Bonchev–Trinajstić information content (AvgIpc) is 2.16. The summed E-state index contributed by atoms with van der Waals surface area (Å²) in [6.07, 6.45) is 2.02. The van der Waals surface area contributed by atoms with Gasteiger partial charge in [-0.2, -0.15) is 0 Å². The average molecular weight is 199 g/mol. The quantitative estimate of drug-likeness (QED) is 0.640. The third-order valence-electron chi connectivity index (χ3n) is 2.87. The van der Waals surface area contributed by atoms with Gasteiger partial charge in [-0.05, 0) is 24.7 Å². The Kier molecular flexibility index (Phi) is 3.49. The van der Waals surface area contributed by atoms with Gasteiger partial charge in [0, 0.05) is 13.1 Å². The Morgan fingerprint density at radius 1 is 1.43 bits per heavy atom. The zero-order valence-corrected chi connectivity index (χ0v) is 8.69. The first-order valence-corrected chi connectivity index (χ1v) is 5.04. The van der Waals surface area contributed by atoms with Gasteiger partial charge in [-0.15, -0.1) is 0 Å². The highest BCUT2D eigenvalue weighted by molar-refractivity contribution is 6.31. The van der Waals surface area contributed by atoms with Crippen LogP contribution < -0.4 is 0 Å². The van der Waals surface area contributed by atoms with Crippen LogP contribution in [-0.4, -0.2) is 35.0 Å². The van der Waals surface area contributed by atoms with Gasteiger partial charge >= 0.3 is 11.9 Å². The molecule has 0 aromatic rings. The zero-order valence-electron chi connectivity index (χ0n) is 8.69. The molecule has 0 aliphatic carbocycles. The van der Waals surface area contributed by atoms with Gasteiger partial charge in [-0.25, -0.2) is 4.79 Å². The van der Waals surface area contributed by atoms with Crippen LogP contribution in [0.3, 0.4) is 0 Å². The van der Waals surface area contributed by atoms with Crippen molar-refractivity contribution in [3.63, 3.8) is 0 Å². The summed E-state index contributed by atoms with van der Waals surface area (Å²) < 4.78 is 0. The fraction of sp³-hybridized carbons (Fsp3) is 0.800. The van der Waals surface area contributed by atoms with Crippen LogP contribution in [0, 0.1) is 11.8 Å². The molecule has 4 nitrogen and oxygen atoms in total. The Labute approximate surface area is 83.9 Å². The van der Waals surface area contributed by atoms with E-state index in [1.807, 2.05) is 0 Å². The van der Waals surface area contributed by atoms with Gasteiger partial charge in [0.2, 0.25) is 0 Å². The normalized spacial score (nSPS) is 22.5. The Hall–Kier alpha value is -1.06. The lowest BCUT2D eigenvalue weighted by atomic mass is 9.88. The third kappa shape index (κ3) is 2.47. The molecule has 0 bridgehead atoms. The molecule has 1 N–H and O–H groups in total. The van der Waals surface area contributed by atoms with E-state index in [4.69, 9.17) is 5.11 Å². The zero-order chi connectivity index (χ0) is 10.7. The van der Waals surface area contributed by atoms with Gasteiger partial charge < -0.3 is 10.0 Å². The highest BCUT2D eigenvalue weighted by atomic mass is 16.4. The van der Waals surface area contributed by atoms with E-state index in [0.29, 0.717) is 24.9 Å². The largest absolute Gasteiger partial charge is 0.474 e. The fourth-order valence-electron chi connectivity index (χ4n) is 1.87. The van der Waals surface area contributed by atoms with E-state index in [-0.39, 0.29) is 0 Å². The molecule has 1 amide bonds. The number of piperidine rings is 1. The van der Waals surface area contributed by atoms with E-state index in [2.05, 4.69) is 13.8 Å². The van der Waals surface area contributed by atoms with Gasteiger partial charge in [0.25, 0.3) is 0 Å². The van der Waals surface area contributed by atoms with Crippen LogP contribution in [0.2, 0.25) is 0 Å². The van der Waals surface area contributed by atoms with Crippen molar-refractivity contribution in [3.05, 3.63) is 0 Å². The number of likely N-dealkylation sites (tertiary alicyclic amines) is 1. The maximum Gasteiger partial charge on any atom is 0.394 e. The van der Waals surface area contributed by atoms with Gasteiger partial charge in [0.1, 0.15) is 0 Å². The van der Waals surface area contributed by atoms with Crippen LogP contribution in [0.15, 0.2) is 0 Å². The maximum atomic E-state index is 11.2. The molecule has 1 aliphatic rings. The number of rotatable bonds is 1. The highest BCUT2D eigenvalue weighted by Gasteiger charge is 2.28. The number of aliphatic carboxylic acids is 1. The summed E-state index contributed by atoms with van der Waals surface area (Å²) in [5, 5.41) is 8.57. The number of carboxylic acids is 1. The Morgan fingerprint density at radius 2 is 2.07 bits per heavy atom. The Bertz CT molecular complexity index is 238. The topological polar surface area (TPSA) is 57.6 Å². The summed E-state index contributed by atoms with van der Waals surface area (Å²) in [5.74, 6) is -1.13. The second-order valence-electron chi connectivity index (χ2n) is 4.20. The van der Waals surface area contributed by atoms with E-state index in [1.165, 1.54) is 4.90 Å². The van der Waals surface area contributed by atoms with Crippen molar-refractivity contribution in [1.29, 1.82) is 0 Å². The molecule has 1 fully saturated rings. The van der Waals surface area contributed by atoms with Crippen LogP contribution in [0.25, 0.3) is 0 Å². The van der Waals surface area contributed by atoms with Gasteiger partial charge in [0.15, 0.2) is 0 Å². The molecular weight excluding hydrogens is 182 g/mol. The van der Waals surface area contributed by atoms with Crippen molar-refractivity contribution < 1.29 is 14.7 Å². The molecule has 0 aromatic heterocycles. The van der Waals surface area contributed by atoms with Crippen LogP contribution in [0.5, 0.6) is 0 Å². The molecule has 14 heavy (non-hydrogen) atoms. The second-order valence-corrected chi connectivity index (χ2v) is 4.20. The minimum absolute atomic E-state index is 0.451. The molecular formula is C10H17NO3. The first-order valence-electron chi connectivity index (χ1n) is 5.04. The molecule has 0 radical (unpaired) electrons. The molecule has 0 aromatic carbocycles. The lowest BCUT2D eigenvalue weighted by Crippen LogP contribution is -2.44. The molecule has 1 aliphatic heterocycles. The van der Waals surface area contributed by atoms with Gasteiger partial charge in [-0.3, -0.25) is 4.79 Å². The Balaban J connectivity index is 2.56. The summed E-state index contributed by atoms with van der Waals surface area (Å²) in [6, 6.07) is 0. The summed E-state index contributed by atoms with van der Waals surface area (Å²) in [5.41, 5.74) is 0. The molecule has 1 atom stereocenters. The van der Waals surface area contributed by atoms with Crippen molar-refractivity contribution in [3.8, 4) is 0 Å². The predicted octanol–water partition coefficient (Wildman–Crippen LogP) is 0.966. The first kappa shape index (κ1) is 11.0. The van der Waals surface area contributed by atoms with Crippen LogP contribution in [0.4, 0.5) is 0 Å². The monoisotopic (exact) mass is 199 g/mol. The van der Waals surface area contributed by atoms with E-state index < -0.39 is 11.9 Å². The van der Waals surface area contributed by atoms with Gasteiger partial charge in [-0.1, -0.05) is 13.8 Å².